The molecule has 3 rings (SSSR count). The van der Waals surface area contributed by atoms with Gasteiger partial charge in [-0.2, -0.15) is 5.10 Å². The van der Waals surface area contributed by atoms with E-state index in [1.54, 1.807) is 31.5 Å². The fraction of sp³-hybridized carbons (Fsp3) is 0.214. The highest BCUT2D eigenvalue weighted by Crippen LogP contribution is 2.16. The molecule has 0 saturated heterocycles. The number of nitrogens with one attached hydrogen (secondary N) is 1. The van der Waals surface area contributed by atoms with Crippen LogP contribution in [0.15, 0.2) is 40.8 Å². The van der Waals surface area contributed by atoms with Gasteiger partial charge in [-0.25, -0.2) is 14.3 Å². The van der Waals surface area contributed by atoms with Crippen LogP contribution in [0.5, 0.6) is 0 Å². The van der Waals surface area contributed by atoms with Gasteiger partial charge >= 0.3 is 0 Å². The number of aromatic nitrogens is 5. The number of hydrogen-bond donors (Lipinski definition) is 1. The minimum Gasteiger partial charge on any atom is -0.300 e. The number of aryl methyl sites for hydroxylation is 1. The topological polar surface area (TPSA) is 94.7 Å². The zero-order valence-corrected chi connectivity index (χ0v) is 13.3. The molecule has 0 fully saturated rings. The molecule has 8 nitrogen and oxygen atoms in total. The van der Waals surface area contributed by atoms with Crippen LogP contribution in [0, 0.1) is 6.92 Å². The molecular weight excluding hydrogens is 316 g/mol. The van der Waals surface area contributed by atoms with Crippen LogP contribution >= 0.6 is 11.3 Å². The Kier molecular flexibility index (Phi) is 4.02. The third kappa shape index (κ3) is 3.19. The summed E-state index contributed by atoms with van der Waals surface area (Å²) in [5.41, 5.74) is 0.466. The zero-order valence-electron chi connectivity index (χ0n) is 12.5. The lowest BCUT2D eigenvalue weighted by Crippen LogP contribution is -2.33. The van der Waals surface area contributed by atoms with Gasteiger partial charge in [0.15, 0.2) is 10.9 Å². The number of anilines is 1. The molecule has 0 aliphatic heterocycles. The van der Waals surface area contributed by atoms with E-state index in [4.69, 9.17) is 0 Å². The predicted octanol–water partition coefficient (Wildman–Crippen LogP) is 1.39. The molecule has 23 heavy (non-hydrogen) atoms. The molecule has 3 aromatic rings. The molecule has 0 aromatic carbocycles. The maximum Gasteiger partial charge on any atom is 0.267 e. The van der Waals surface area contributed by atoms with Gasteiger partial charge in [-0.1, -0.05) is 0 Å². The van der Waals surface area contributed by atoms with Crippen molar-refractivity contribution in [2.24, 2.45) is 0 Å². The quantitative estimate of drug-likeness (QED) is 0.780. The Morgan fingerprint density at radius 2 is 2.22 bits per heavy atom. The Morgan fingerprint density at radius 1 is 1.39 bits per heavy atom. The molecule has 1 N–H and O–H groups in total. The first-order valence-corrected chi connectivity index (χ1v) is 7.75. The molecule has 1 atom stereocenters. The molecule has 0 bridgehead atoms. The second-order valence-corrected chi connectivity index (χ2v) is 5.74. The molecular formula is C14H14N6O2S. The lowest BCUT2D eigenvalue weighted by Gasteiger charge is -2.13. The first-order valence-electron chi connectivity index (χ1n) is 6.87. The molecule has 3 heterocycles. The molecule has 9 heteroatoms. The minimum atomic E-state index is -0.776. The van der Waals surface area contributed by atoms with E-state index in [1.165, 1.54) is 22.1 Å². The lowest BCUT2D eigenvalue weighted by molar-refractivity contribution is -0.119. The summed E-state index contributed by atoms with van der Waals surface area (Å²) >= 11 is 1.33. The number of carbonyl (C=O) groups excluding carboxylic acids is 1. The smallest absolute Gasteiger partial charge is 0.267 e. The maximum atomic E-state index is 12.3. The SMILES string of the molecule is Cc1csc(NC(=O)C(C)n2nc(-n3cccn3)ccc2=O)n1. The Bertz CT molecular complexity index is 883. The van der Waals surface area contributed by atoms with Crippen LogP contribution in [0.2, 0.25) is 0 Å². The van der Waals surface area contributed by atoms with Gasteiger partial charge in [-0.05, 0) is 26.0 Å². The van der Waals surface area contributed by atoms with Crippen molar-refractivity contribution in [2.45, 2.75) is 19.9 Å². The number of nitrogens with zero attached hydrogens (tertiary/aromatic N) is 5. The Labute approximate surface area is 135 Å². The van der Waals surface area contributed by atoms with E-state index in [0.717, 1.165) is 10.4 Å². The highest BCUT2D eigenvalue weighted by Gasteiger charge is 2.19. The molecule has 0 spiro atoms. The van der Waals surface area contributed by atoms with Gasteiger partial charge in [0, 0.05) is 23.8 Å². The standard InChI is InChI=1S/C14H14N6O2S/c1-9-8-23-14(16-9)17-13(22)10(2)20-12(21)5-4-11(18-20)19-7-3-6-15-19/h3-8,10H,1-2H3,(H,16,17,22). The lowest BCUT2D eigenvalue weighted by atomic mass is 10.3. The van der Waals surface area contributed by atoms with Crippen molar-refractivity contribution in [2.75, 3.05) is 5.32 Å². The first-order chi connectivity index (χ1) is 11.0. The summed E-state index contributed by atoms with van der Waals surface area (Å²) in [5, 5.41) is 13.3. The number of thiazole rings is 1. The van der Waals surface area contributed by atoms with Crippen LogP contribution in [-0.4, -0.2) is 30.5 Å². The van der Waals surface area contributed by atoms with E-state index in [2.05, 4.69) is 20.5 Å². The summed E-state index contributed by atoms with van der Waals surface area (Å²) in [5.74, 6) is 0.103. The normalized spacial score (nSPS) is 12.1. The fourth-order valence-electron chi connectivity index (χ4n) is 1.95. The van der Waals surface area contributed by atoms with E-state index < -0.39 is 6.04 Å². The van der Waals surface area contributed by atoms with Crippen molar-refractivity contribution >= 4 is 22.4 Å². The Balaban J connectivity index is 1.86. The molecule has 0 saturated carbocycles. The van der Waals surface area contributed by atoms with Gasteiger partial charge in [-0.3, -0.25) is 9.59 Å². The van der Waals surface area contributed by atoms with Gasteiger partial charge in [0.2, 0.25) is 0 Å². The van der Waals surface area contributed by atoms with Gasteiger partial charge in [0.1, 0.15) is 6.04 Å². The summed E-state index contributed by atoms with van der Waals surface area (Å²) in [6.45, 7) is 3.45. The molecule has 118 valence electrons. The molecule has 1 unspecified atom stereocenters. The predicted molar refractivity (Wildman–Crippen MR) is 85.8 cm³/mol. The largest absolute Gasteiger partial charge is 0.300 e. The second kappa shape index (κ2) is 6.13. The molecule has 0 aliphatic carbocycles. The monoisotopic (exact) mass is 330 g/mol. The van der Waals surface area contributed by atoms with Gasteiger partial charge in [0.05, 0.1) is 5.69 Å². The van der Waals surface area contributed by atoms with Crippen molar-refractivity contribution in [1.29, 1.82) is 0 Å². The molecule has 3 aromatic heterocycles. The second-order valence-electron chi connectivity index (χ2n) is 4.88. The minimum absolute atomic E-state index is 0.355. The van der Waals surface area contributed by atoms with E-state index in [1.807, 2.05) is 12.3 Å². The van der Waals surface area contributed by atoms with Gasteiger partial charge in [-0.15, -0.1) is 16.4 Å². The van der Waals surface area contributed by atoms with E-state index in [-0.39, 0.29) is 11.5 Å². The first kappa shape index (κ1) is 15.1. The van der Waals surface area contributed by atoms with Crippen LogP contribution < -0.4 is 10.9 Å². The van der Waals surface area contributed by atoms with E-state index in [0.29, 0.717) is 10.9 Å². The van der Waals surface area contributed by atoms with Crippen molar-refractivity contribution < 1.29 is 4.79 Å². The van der Waals surface area contributed by atoms with Crippen molar-refractivity contribution in [3.8, 4) is 5.82 Å². The van der Waals surface area contributed by atoms with Gasteiger partial charge < -0.3 is 5.32 Å². The van der Waals surface area contributed by atoms with Crippen LogP contribution in [0.4, 0.5) is 5.13 Å². The highest BCUT2D eigenvalue weighted by molar-refractivity contribution is 7.13. The average Bonchev–Trinajstić information content (AvgIpc) is 3.19. The highest BCUT2D eigenvalue weighted by atomic mass is 32.1. The Hall–Kier alpha value is -2.81. The van der Waals surface area contributed by atoms with Crippen LogP contribution in [0.25, 0.3) is 5.82 Å². The van der Waals surface area contributed by atoms with Crippen LogP contribution in [0.1, 0.15) is 18.7 Å². The van der Waals surface area contributed by atoms with Crippen LogP contribution in [-0.2, 0) is 4.79 Å². The van der Waals surface area contributed by atoms with Crippen molar-refractivity contribution in [3.63, 3.8) is 0 Å². The van der Waals surface area contributed by atoms with Gasteiger partial charge in [0.25, 0.3) is 11.5 Å². The molecule has 1 amide bonds. The number of amides is 1. The van der Waals surface area contributed by atoms with E-state index in [9.17, 15) is 9.59 Å². The molecule has 0 radical (unpaired) electrons. The zero-order chi connectivity index (χ0) is 16.4. The van der Waals surface area contributed by atoms with Crippen LogP contribution in [0.3, 0.4) is 0 Å². The average molecular weight is 330 g/mol. The summed E-state index contributed by atoms with van der Waals surface area (Å²) in [6.07, 6.45) is 3.32. The van der Waals surface area contributed by atoms with E-state index >= 15 is 0 Å². The number of carbonyl (C=O) groups is 1. The number of rotatable bonds is 4. The third-order valence-corrected chi connectivity index (χ3v) is 4.02. The van der Waals surface area contributed by atoms with Crippen molar-refractivity contribution in [3.05, 3.63) is 52.0 Å². The number of hydrogen-bond acceptors (Lipinski definition) is 6. The fourth-order valence-corrected chi connectivity index (χ4v) is 2.64. The summed E-state index contributed by atoms with van der Waals surface area (Å²) < 4.78 is 2.65. The summed E-state index contributed by atoms with van der Waals surface area (Å²) in [4.78, 5) is 28.5. The third-order valence-electron chi connectivity index (χ3n) is 3.15. The van der Waals surface area contributed by atoms with Crippen molar-refractivity contribution in [1.82, 2.24) is 24.5 Å². The summed E-state index contributed by atoms with van der Waals surface area (Å²) in [6, 6.07) is 3.89. The maximum absolute atomic E-state index is 12.3. The Morgan fingerprint density at radius 3 is 2.87 bits per heavy atom. The molecule has 0 aliphatic rings. The summed E-state index contributed by atoms with van der Waals surface area (Å²) in [7, 11) is 0.